The molecule has 0 N–H and O–H groups in total. The largest absolute Gasteiger partial charge is 0.465 e. The fourth-order valence-corrected chi connectivity index (χ4v) is 6.71. The first-order chi connectivity index (χ1) is 20.1. The summed E-state index contributed by atoms with van der Waals surface area (Å²) in [5.74, 6) is -0.812. The molecule has 0 bridgehead atoms. The third-order valence-electron chi connectivity index (χ3n) is 7.16. The molecule has 218 valence electrons. The number of allylic oxidation sites excluding steroid dienone is 1. The highest BCUT2D eigenvalue weighted by Crippen LogP contribution is 2.32. The van der Waals surface area contributed by atoms with Crippen molar-refractivity contribution >= 4 is 52.0 Å². The second kappa shape index (κ2) is 12.1. The van der Waals surface area contributed by atoms with Gasteiger partial charge in [-0.25, -0.2) is 9.79 Å². The van der Waals surface area contributed by atoms with E-state index in [-0.39, 0.29) is 24.2 Å². The van der Waals surface area contributed by atoms with Crippen LogP contribution >= 0.6 is 23.1 Å². The maximum absolute atomic E-state index is 14.2. The summed E-state index contributed by atoms with van der Waals surface area (Å²) in [4.78, 5) is 46.2. The summed E-state index contributed by atoms with van der Waals surface area (Å²) >= 11 is 2.90. The van der Waals surface area contributed by atoms with Crippen molar-refractivity contribution in [2.45, 2.75) is 58.2 Å². The number of thioether (sulfide) groups is 1. The Kier molecular flexibility index (Phi) is 8.56. The van der Waals surface area contributed by atoms with Crippen molar-refractivity contribution in [2.24, 2.45) is 4.99 Å². The molecule has 1 aliphatic rings. The van der Waals surface area contributed by atoms with Gasteiger partial charge >= 0.3 is 11.9 Å². The smallest absolute Gasteiger partial charge is 0.338 e. The number of rotatable bonds is 8. The topological polar surface area (TPSA) is 91.9 Å². The summed E-state index contributed by atoms with van der Waals surface area (Å²) in [5, 5.41) is 0.923. The van der Waals surface area contributed by atoms with E-state index in [1.54, 1.807) is 44.0 Å². The lowest BCUT2D eigenvalue weighted by molar-refractivity contribution is -0.144. The summed E-state index contributed by atoms with van der Waals surface area (Å²) < 4.78 is 14.8. The number of thiazole rings is 1. The van der Waals surface area contributed by atoms with Crippen molar-refractivity contribution in [1.29, 1.82) is 0 Å². The minimum atomic E-state index is -0.684. The highest BCUT2D eigenvalue weighted by Gasteiger charge is 2.34. The van der Waals surface area contributed by atoms with Gasteiger partial charge < -0.3 is 14.0 Å². The number of aromatic nitrogens is 2. The van der Waals surface area contributed by atoms with Crippen LogP contribution in [-0.2, 0) is 25.6 Å². The van der Waals surface area contributed by atoms with Crippen molar-refractivity contribution < 1.29 is 19.1 Å². The van der Waals surface area contributed by atoms with Crippen molar-refractivity contribution in [3.8, 4) is 0 Å². The molecule has 10 heteroatoms. The van der Waals surface area contributed by atoms with Gasteiger partial charge in [0.1, 0.15) is 6.54 Å². The Bertz CT molecular complexity index is 1890. The number of nitrogens with zero attached hydrogens (tertiary/aromatic N) is 3. The Hall–Kier alpha value is -3.89. The van der Waals surface area contributed by atoms with Crippen LogP contribution in [0.2, 0.25) is 0 Å². The molecule has 0 saturated carbocycles. The molecule has 0 unspecified atom stereocenters. The van der Waals surface area contributed by atoms with E-state index in [4.69, 9.17) is 14.5 Å². The Balaban J connectivity index is 1.71. The van der Waals surface area contributed by atoms with Gasteiger partial charge in [0.15, 0.2) is 4.80 Å². The second-order valence-corrected chi connectivity index (χ2v) is 12.1. The minimum absolute atomic E-state index is 0.0713. The maximum atomic E-state index is 14.2. The molecular weight excluding hydrogens is 571 g/mol. The van der Waals surface area contributed by atoms with Gasteiger partial charge in [-0.05, 0) is 70.7 Å². The predicted octanol–water partition coefficient (Wildman–Crippen LogP) is 4.73. The molecule has 4 aromatic rings. The summed E-state index contributed by atoms with van der Waals surface area (Å²) in [6.45, 7) is 9.47. The predicted molar refractivity (Wildman–Crippen MR) is 167 cm³/mol. The van der Waals surface area contributed by atoms with Gasteiger partial charge in [-0.1, -0.05) is 41.7 Å². The molecule has 0 saturated heterocycles. The fourth-order valence-electron chi connectivity index (χ4n) is 5.27. The van der Waals surface area contributed by atoms with Crippen LogP contribution < -0.4 is 14.9 Å². The molecule has 42 heavy (non-hydrogen) atoms. The van der Waals surface area contributed by atoms with Crippen LogP contribution in [0.25, 0.3) is 17.0 Å². The van der Waals surface area contributed by atoms with E-state index in [1.807, 2.05) is 72.4 Å². The average molecular weight is 604 g/mol. The molecule has 0 spiro atoms. The summed E-state index contributed by atoms with van der Waals surface area (Å²) in [6.07, 6.45) is 3.54. The maximum Gasteiger partial charge on any atom is 0.338 e. The van der Waals surface area contributed by atoms with E-state index in [0.717, 1.165) is 32.6 Å². The molecular formula is C32H33N3O5S2. The molecule has 0 radical (unpaired) electrons. The number of carbonyl (C=O) groups is 2. The molecule has 3 heterocycles. The van der Waals surface area contributed by atoms with Crippen LogP contribution in [0.1, 0.15) is 50.6 Å². The Labute approximate surface area is 252 Å². The second-order valence-electron chi connectivity index (χ2n) is 10.2. The lowest BCUT2D eigenvalue weighted by atomic mass is 9.96. The Morgan fingerprint density at radius 3 is 2.50 bits per heavy atom. The van der Waals surface area contributed by atoms with E-state index in [2.05, 4.69) is 0 Å². The van der Waals surface area contributed by atoms with Crippen molar-refractivity contribution in [3.63, 3.8) is 0 Å². The SMILES string of the molecule is CCOC(=O)Cn1c(C)c(/C=c2\sc3n(c2=O)[C@H](c2ccc(SC)cc2)C(C(=O)OC(C)C)=C(C)N=3)c2ccccc21. The number of ether oxygens (including phenoxy) is 2. The van der Waals surface area contributed by atoms with Gasteiger partial charge in [-0.3, -0.25) is 14.2 Å². The van der Waals surface area contributed by atoms with Crippen LogP contribution in [0.4, 0.5) is 0 Å². The highest BCUT2D eigenvalue weighted by molar-refractivity contribution is 7.98. The zero-order valence-electron chi connectivity index (χ0n) is 24.5. The Morgan fingerprint density at radius 2 is 1.83 bits per heavy atom. The lowest BCUT2D eigenvalue weighted by Gasteiger charge is -2.25. The number of hydrogen-bond donors (Lipinski definition) is 0. The molecule has 0 fully saturated rings. The van der Waals surface area contributed by atoms with Gasteiger partial charge in [-0.15, -0.1) is 11.8 Å². The van der Waals surface area contributed by atoms with Crippen LogP contribution in [0, 0.1) is 6.92 Å². The zero-order valence-corrected chi connectivity index (χ0v) is 26.1. The third kappa shape index (κ3) is 5.48. The summed E-state index contributed by atoms with van der Waals surface area (Å²) in [5.41, 5.74) is 3.99. The van der Waals surface area contributed by atoms with Gasteiger partial charge in [0.25, 0.3) is 5.56 Å². The van der Waals surface area contributed by atoms with Gasteiger partial charge in [-0.2, -0.15) is 0 Å². The molecule has 0 amide bonds. The summed E-state index contributed by atoms with van der Waals surface area (Å²) in [7, 11) is 0. The van der Waals surface area contributed by atoms with Gasteiger partial charge in [0.05, 0.1) is 34.6 Å². The molecule has 5 rings (SSSR count). The lowest BCUT2D eigenvalue weighted by Crippen LogP contribution is -2.40. The van der Waals surface area contributed by atoms with E-state index >= 15 is 0 Å². The van der Waals surface area contributed by atoms with Crippen LogP contribution in [0.15, 0.2) is 74.5 Å². The van der Waals surface area contributed by atoms with E-state index in [0.29, 0.717) is 27.2 Å². The number of para-hydroxylation sites is 1. The Morgan fingerprint density at radius 1 is 1.12 bits per heavy atom. The summed E-state index contributed by atoms with van der Waals surface area (Å²) in [6, 6.07) is 15.0. The van der Waals surface area contributed by atoms with Gasteiger partial charge in [0, 0.05) is 27.1 Å². The molecule has 2 aromatic carbocycles. The molecule has 8 nitrogen and oxygen atoms in total. The normalized spacial score (nSPS) is 15.2. The number of carbonyl (C=O) groups excluding carboxylic acids is 2. The van der Waals surface area contributed by atoms with E-state index < -0.39 is 12.0 Å². The van der Waals surface area contributed by atoms with Crippen LogP contribution in [0.3, 0.4) is 0 Å². The highest BCUT2D eigenvalue weighted by atomic mass is 32.2. The average Bonchev–Trinajstić information content (AvgIpc) is 3.40. The van der Waals surface area contributed by atoms with Crippen molar-refractivity contribution in [2.75, 3.05) is 12.9 Å². The molecule has 0 aliphatic carbocycles. The van der Waals surface area contributed by atoms with Crippen molar-refractivity contribution in [3.05, 3.63) is 96.3 Å². The van der Waals surface area contributed by atoms with E-state index in [9.17, 15) is 14.4 Å². The van der Waals surface area contributed by atoms with Crippen LogP contribution in [0.5, 0.6) is 0 Å². The molecule has 1 aliphatic heterocycles. The first-order valence-corrected chi connectivity index (χ1v) is 15.8. The quantitative estimate of drug-likeness (QED) is 0.214. The monoisotopic (exact) mass is 603 g/mol. The number of esters is 2. The number of fused-ring (bicyclic) bond motifs is 2. The van der Waals surface area contributed by atoms with E-state index in [1.165, 1.54) is 11.3 Å². The van der Waals surface area contributed by atoms with Crippen LogP contribution in [-0.4, -0.2) is 40.0 Å². The number of hydrogen-bond acceptors (Lipinski definition) is 8. The number of benzene rings is 2. The van der Waals surface area contributed by atoms with Crippen molar-refractivity contribution in [1.82, 2.24) is 9.13 Å². The molecule has 2 aromatic heterocycles. The fraction of sp³-hybridized carbons (Fsp3) is 0.312. The van der Waals surface area contributed by atoms with Gasteiger partial charge in [0.2, 0.25) is 0 Å². The molecule has 1 atom stereocenters. The standard InChI is InChI=1S/C32H33N3O5S2/c1-7-39-27(36)17-34-20(5)24(23-10-8-9-11-25(23)34)16-26-30(37)35-29(21-12-14-22(41-6)15-13-21)28(31(38)40-18(2)3)19(4)33-32(35)42-26/h8-16,18,29H,7,17H2,1-6H3/b26-16-/t29-/m1/s1. The zero-order chi connectivity index (χ0) is 30.1. The third-order valence-corrected chi connectivity index (χ3v) is 8.89. The first kappa shape index (κ1) is 29.6. The minimum Gasteiger partial charge on any atom is -0.465 e. The first-order valence-electron chi connectivity index (χ1n) is 13.8.